The zero-order valence-electron chi connectivity index (χ0n) is 14.7. The summed E-state index contributed by atoms with van der Waals surface area (Å²) in [5.74, 6) is 2.01. The maximum absolute atomic E-state index is 5.36. The molecule has 5 nitrogen and oxygen atoms in total. The molecule has 128 valence electrons. The molecule has 0 atom stereocenters. The molecule has 2 aromatic carbocycles. The Morgan fingerprint density at radius 1 is 1.00 bits per heavy atom. The summed E-state index contributed by atoms with van der Waals surface area (Å²) in [6.07, 6.45) is 2.69. The Balaban J connectivity index is 1.85. The summed E-state index contributed by atoms with van der Waals surface area (Å²) in [5.41, 5.74) is 4.38. The lowest BCUT2D eigenvalue weighted by Crippen LogP contribution is -2.03. The van der Waals surface area contributed by atoms with Gasteiger partial charge >= 0.3 is 0 Å². The summed E-state index contributed by atoms with van der Waals surface area (Å²) in [7, 11) is 1.64. The number of aryl methyl sites for hydroxylation is 2. The van der Waals surface area contributed by atoms with Crippen LogP contribution in [0.5, 0.6) is 5.75 Å². The van der Waals surface area contributed by atoms with Gasteiger partial charge in [-0.1, -0.05) is 37.3 Å². The van der Waals surface area contributed by atoms with Crippen LogP contribution in [0.4, 0.5) is 23.1 Å². The second-order valence-electron chi connectivity index (χ2n) is 5.68. The standard InChI is InChI=1S/C20H22N4O/c1-4-15-9-7-8-14(2)19(15)23-18-12-13-21-20(24-18)22-16-10-5-6-11-17(16)25-3/h5-13H,4H2,1-3H3,(H2,21,22,23,24). The molecular formula is C20H22N4O. The molecule has 0 fully saturated rings. The van der Waals surface area contributed by atoms with E-state index in [2.05, 4.69) is 52.6 Å². The average Bonchev–Trinajstić information content (AvgIpc) is 2.64. The van der Waals surface area contributed by atoms with Crippen molar-refractivity contribution in [2.75, 3.05) is 17.7 Å². The van der Waals surface area contributed by atoms with Gasteiger partial charge in [0.15, 0.2) is 0 Å². The molecule has 2 N–H and O–H groups in total. The molecule has 5 heteroatoms. The molecule has 0 aliphatic heterocycles. The molecule has 1 heterocycles. The number of ether oxygens (including phenoxy) is 1. The van der Waals surface area contributed by atoms with E-state index in [1.807, 2.05) is 30.3 Å². The van der Waals surface area contributed by atoms with Crippen molar-refractivity contribution < 1.29 is 4.74 Å². The molecule has 0 amide bonds. The molecule has 3 aromatic rings. The number of hydrogen-bond acceptors (Lipinski definition) is 5. The third-order valence-corrected chi connectivity index (χ3v) is 4.00. The fraction of sp³-hybridized carbons (Fsp3) is 0.200. The fourth-order valence-electron chi connectivity index (χ4n) is 2.69. The number of anilines is 4. The molecule has 25 heavy (non-hydrogen) atoms. The first-order valence-electron chi connectivity index (χ1n) is 8.30. The number of para-hydroxylation sites is 3. The van der Waals surface area contributed by atoms with Gasteiger partial charge in [0.2, 0.25) is 5.95 Å². The Morgan fingerprint density at radius 3 is 2.64 bits per heavy atom. The van der Waals surface area contributed by atoms with E-state index in [9.17, 15) is 0 Å². The first kappa shape index (κ1) is 16.8. The van der Waals surface area contributed by atoms with Crippen molar-refractivity contribution in [3.8, 4) is 5.75 Å². The predicted octanol–water partition coefficient (Wildman–Crippen LogP) is 4.84. The van der Waals surface area contributed by atoms with Crippen LogP contribution in [0.25, 0.3) is 0 Å². The van der Waals surface area contributed by atoms with Gasteiger partial charge in [-0.3, -0.25) is 0 Å². The largest absolute Gasteiger partial charge is 0.495 e. The second-order valence-corrected chi connectivity index (χ2v) is 5.68. The van der Waals surface area contributed by atoms with Gasteiger partial charge in [-0.25, -0.2) is 4.98 Å². The van der Waals surface area contributed by atoms with Crippen molar-refractivity contribution in [2.24, 2.45) is 0 Å². The predicted molar refractivity (Wildman–Crippen MR) is 102 cm³/mol. The Kier molecular flexibility index (Phi) is 5.14. The minimum absolute atomic E-state index is 0.515. The summed E-state index contributed by atoms with van der Waals surface area (Å²) >= 11 is 0. The third-order valence-electron chi connectivity index (χ3n) is 4.00. The van der Waals surface area contributed by atoms with Gasteiger partial charge in [-0.05, 0) is 42.7 Å². The monoisotopic (exact) mass is 334 g/mol. The summed E-state index contributed by atoms with van der Waals surface area (Å²) in [4.78, 5) is 8.87. The molecule has 0 aliphatic carbocycles. The van der Waals surface area contributed by atoms with Crippen molar-refractivity contribution in [1.82, 2.24) is 9.97 Å². The number of methoxy groups -OCH3 is 1. The van der Waals surface area contributed by atoms with E-state index >= 15 is 0 Å². The van der Waals surface area contributed by atoms with Crippen molar-refractivity contribution in [3.63, 3.8) is 0 Å². The molecule has 0 bridgehead atoms. The van der Waals surface area contributed by atoms with Crippen LogP contribution >= 0.6 is 0 Å². The lowest BCUT2D eigenvalue weighted by molar-refractivity contribution is 0.417. The van der Waals surface area contributed by atoms with Crippen LogP contribution in [0, 0.1) is 6.92 Å². The van der Waals surface area contributed by atoms with E-state index in [-0.39, 0.29) is 0 Å². The van der Waals surface area contributed by atoms with Gasteiger partial charge in [0.05, 0.1) is 12.8 Å². The van der Waals surface area contributed by atoms with Gasteiger partial charge in [-0.15, -0.1) is 0 Å². The van der Waals surface area contributed by atoms with E-state index < -0.39 is 0 Å². The van der Waals surface area contributed by atoms with Crippen LogP contribution in [0.3, 0.4) is 0 Å². The number of hydrogen-bond donors (Lipinski definition) is 2. The number of rotatable bonds is 6. The Morgan fingerprint density at radius 2 is 1.84 bits per heavy atom. The SMILES string of the molecule is CCc1cccc(C)c1Nc1ccnc(Nc2ccccc2OC)n1. The molecule has 0 aliphatic rings. The fourth-order valence-corrected chi connectivity index (χ4v) is 2.69. The number of nitrogens with zero attached hydrogens (tertiary/aromatic N) is 2. The van der Waals surface area contributed by atoms with E-state index in [0.29, 0.717) is 5.95 Å². The van der Waals surface area contributed by atoms with Crippen LogP contribution in [0.2, 0.25) is 0 Å². The maximum Gasteiger partial charge on any atom is 0.229 e. The van der Waals surface area contributed by atoms with E-state index in [4.69, 9.17) is 4.74 Å². The normalized spacial score (nSPS) is 10.4. The Bertz CT molecular complexity index is 864. The number of nitrogens with one attached hydrogen (secondary N) is 2. The molecule has 0 saturated carbocycles. The highest BCUT2D eigenvalue weighted by molar-refractivity contribution is 5.67. The average molecular weight is 334 g/mol. The lowest BCUT2D eigenvalue weighted by atomic mass is 10.1. The maximum atomic E-state index is 5.36. The highest BCUT2D eigenvalue weighted by Gasteiger charge is 2.08. The summed E-state index contributed by atoms with van der Waals surface area (Å²) in [6, 6.07) is 15.8. The topological polar surface area (TPSA) is 59.1 Å². The van der Waals surface area contributed by atoms with Gasteiger partial charge < -0.3 is 15.4 Å². The molecule has 0 radical (unpaired) electrons. The molecular weight excluding hydrogens is 312 g/mol. The van der Waals surface area contributed by atoms with Crippen LogP contribution in [0.1, 0.15) is 18.1 Å². The summed E-state index contributed by atoms with van der Waals surface area (Å²) in [5, 5.41) is 6.63. The van der Waals surface area contributed by atoms with Crippen LogP contribution in [-0.2, 0) is 6.42 Å². The highest BCUT2D eigenvalue weighted by Crippen LogP contribution is 2.27. The number of benzene rings is 2. The van der Waals surface area contributed by atoms with Gasteiger partial charge in [0, 0.05) is 11.9 Å². The Labute approximate surface area is 148 Å². The summed E-state index contributed by atoms with van der Waals surface area (Å²) < 4.78 is 5.36. The zero-order valence-corrected chi connectivity index (χ0v) is 14.7. The lowest BCUT2D eigenvalue weighted by Gasteiger charge is -2.14. The third kappa shape index (κ3) is 3.88. The summed E-state index contributed by atoms with van der Waals surface area (Å²) in [6.45, 7) is 4.24. The van der Waals surface area contributed by atoms with Crippen molar-refractivity contribution in [1.29, 1.82) is 0 Å². The van der Waals surface area contributed by atoms with Gasteiger partial charge in [0.1, 0.15) is 11.6 Å². The molecule has 0 saturated heterocycles. The molecule has 0 spiro atoms. The first-order chi connectivity index (χ1) is 12.2. The van der Waals surface area contributed by atoms with Crippen molar-refractivity contribution in [2.45, 2.75) is 20.3 Å². The highest BCUT2D eigenvalue weighted by atomic mass is 16.5. The molecule has 3 rings (SSSR count). The van der Waals surface area contributed by atoms with E-state index in [1.54, 1.807) is 13.3 Å². The van der Waals surface area contributed by atoms with Gasteiger partial charge in [-0.2, -0.15) is 4.98 Å². The minimum atomic E-state index is 0.515. The number of aromatic nitrogens is 2. The second kappa shape index (κ2) is 7.66. The van der Waals surface area contributed by atoms with Crippen LogP contribution < -0.4 is 15.4 Å². The quantitative estimate of drug-likeness (QED) is 0.675. The van der Waals surface area contributed by atoms with Crippen LogP contribution in [0.15, 0.2) is 54.7 Å². The first-order valence-corrected chi connectivity index (χ1v) is 8.30. The van der Waals surface area contributed by atoms with Crippen LogP contribution in [-0.4, -0.2) is 17.1 Å². The van der Waals surface area contributed by atoms with Crippen molar-refractivity contribution in [3.05, 3.63) is 65.9 Å². The molecule has 1 aromatic heterocycles. The van der Waals surface area contributed by atoms with E-state index in [1.165, 1.54) is 11.1 Å². The zero-order chi connectivity index (χ0) is 17.6. The smallest absolute Gasteiger partial charge is 0.229 e. The minimum Gasteiger partial charge on any atom is -0.495 e. The van der Waals surface area contributed by atoms with Crippen molar-refractivity contribution >= 4 is 23.1 Å². The van der Waals surface area contributed by atoms with E-state index in [0.717, 1.165) is 29.4 Å². The van der Waals surface area contributed by atoms with Gasteiger partial charge in [0.25, 0.3) is 0 Å². The Hall–Kier alpha value is -3.08. The molecule has 0 unspecified atom stereocenters.